The molecule has 0 bridgehead atoms. The number of hydrogen-bond acceptors (Lipinski definition) is 3. The molecule has 0 aliphatic carbocycles. The van der Waals surface area contributed by atoms with Crippen molar-refractivity contribution in [3.05, 3.63) is 12.7 Å². The van der Waals surface area contributed by atoms with Crippen molar-refractivity contribution < 1.29 is 9.59 Å². The van der Waals surface area contributed by atoms with Gasteiger partial charge in [-0.2, -0.15) is 5.26 Å². The van der Waals surface area contributed by atoms with Crippen LogP contribution in [0.5, 0.6) is 0 Å². The summed E-state index contributed by atoms with van der Waals surface area (Å²) in [6.07, 6.45) is 1.56. The van der Waals surface area contributed by atoms with Gasteiger partial charge in [0.05, 0.1) is 6.07 Å². The highest BCUT2D eigenvalue weighted by Crippen LogP contribution is 2.13. The van der Waals surface area contributed by atoms with Crippen molar-refractivity contribution in [3.63, 3.8) is 0 Å². The second-order valence-corrected chi connectivity index (χ2v) is 4.22. The fourth-order valence-corrected chi connectivity index (χ4v) is 1.11. The van der Waals surface area contributed by atoms with Gasteiger partial charge in [-0.25, -0.2) is 0 Å². The van der Waals surface area contributed by atoms with Crippen LogP contribution in [0, 0.1) is 11.3 Å². The Labute approximate surface area is 95.7 Å². The Morgan fingerprint density at radius 2 is 2.06 bits per heavy atom. The molecule has 0 fully saturated rings. The first kappa shape index (κ1) is 14.2. The van der Waals surface area contributed by atoms with E-state index in [1.54, 1.807) is 12.1 Å². The summed E-state index contributed by atoms with van der Waals surface area (Å²) in [7, 11) is 0. The third kappa shape index (κ3) is 4.13. The lowest BCUT2D eigenvalue weighted by atomic mass is 10.1. The molecule has 0 aliphatic heterocycles. The van der Waals surface area contributed by atoms with Gasteiger partial charge in [0.15, 0.2) is 0 Å². The number of carbonyl (C=O) groups is 2. The van der Waals surface area contributed by atoms with Crippen LogP contribution in [0.2, 0.25) is 0 Å². The molecule has 5 heteroatoms. The van der Waals surface area contributed by atoms with Gasteiger partial charge in [-0.3, -0.25) is 9.59 Å². The second kappa shape index (κ2) is 5.91. The summed E-state index contributed by atoms with van der Waals surface area (Å²) in [6.45, 7) is 9.14. The maximum atomic E-state index is 11.7. The molecule has 1 N–H and O–H groups in total. The van der Waals surface area contributed by atoms with E-state index in [1.165, 1.54) is 4.90 Å². The number of nitrogens with one attached hydrogen (secondary N) is 1. The van der Waals surface area contributed by atoms with Crippen molar-refractivity contribution in [1.82, 2.24) is 10.2 Å². The van der Waals surface area contributed by atoms with Gasteiger partial charge in [0, 0.05) is 12.1 Å². The lowest BCUT2D eigenvalue weighted by Gasteiger charge is -2.34. The summed E-state index contributed by atoms with van der Waals surface area (Å²) in [5.41, 5.74) is -0.463. The van der Waals surface area contributed by atoms with Gasteiger partial charge in [0.25, 0.3) is 0 Å². The molecule has 0 heterocycles. The van der Waals surface area contributed by atoms with E-state index in [4.69, 9.17) is 5.26 Å². The molecule has 0 aliphatic rings. The molecule has 0 saturated carbocycles. The molecule has 0 radical (unpaired) electrons. The molecule has 0 rings (SSSR count). The molecule has 2 amide bonds. The number of nitrogens with zero attached hydrogens (tertiary/aromatic N) is 2. The van der Waals surface area contributed by atoms with Crippen LogP contribution in [-0.4, -0.2) is 35.3 Å². The predicted octanol–water partition coefficient (Wildman–Crippen LogP) is 0.439. The molecule has 0 saturated heterocycles. The highest BCUT2D eigenvalue weighted by atomic mass is 16.2. The van der Waals surface area contributed by atoms with Crippen LogP contribution in [0.15, 0.2) is 12.7 Å². The molecule has 88 valence electrons. The minimum atomic E-state index is -0.765. The van der Waals surface area contributed by atoms with Crippen LogP contribution >= 0.6 is 0 Å². The van der Waals surface area contributed by atoms with Crippen LogP contribution in [0.25, 0.3) is 0 Å². The highest BCUT2D eigenvalue weighted by Gasteiger charge is 2.29. The van der Waals surface area contributed by atoms with E-state index in [1.807, 2.05) is 20.8 Å². The first-order chi connectivity index (χ1) is 7.34. The van der Waals surface area contributed by atoms with Gasteiger partial charge in [0.1, 0.15) is 6.54 Å². The zero-order chi connectivity index (χ0) is 12.8. The SMILES string of the molecule is C=CCN(C(=O)C(=O)NCC#N)C(C)(C)C. The first-order valence-corrected chi connectivity index (χ1v) is 4.92. The van der Waals surface area contributed by atoms with Crippen molar-refractivity contribution in [2.45, 2.75) is 26.3 Å². The Bertz CT molecular complexity index is 323. The summed E-state index contributed by atoms with van der Waals surface area (Å²) in [5.74, 6) is -1.42. The zero-order valence-corrected chi connectivity index (χ0v) is 9.91. The lowest BCUT2D eigenvalue weighted by Crippen LogP contribution is -2.51. The average Bonchev–Trinajstić information content (AvgIpc) is 2.19. The third-order valence-corrected chi connectivity index (χ3v) is 1.89. The standard InChI is InChI=1S/C11H17N3O2/c1-5-8-14(11(2,3)4)10(16)9(15)13-7-6-12/h5H,1,7-8H2,2-4H3,(H,13,15). The van der Waals surface area contributed by atoms with Crippen molar-refractivity contribution >= 4 is 11.8 Å². The van der Waals surface area contributed by atoms with Gasteiger partial charge < -0.3 is 10.2 Å². The van der Waals surface area contributed by atoms with Crippen LogP contribution in [0.3, 0.4) is 0 Å². The Morgan fingerprint density at radius 3 is 2.44 bits per heavy atom. The Hall–Kier alpha value is -1.83. The number of amides is 2. The number of hydrogen-bond donors (Lipinski definition) is 1. The average molecular weight is 223 g/mol. The zero-order valence-electron chi connectivity index (χ0n) is 9.91. The summed E-state index contributed by atoms with van der Waals surface area (Å²) in [6, 6.07) is 1.74. The fourth-order valence-electron chi connectivity index (χ4n) is 1.11. The Morgan fingerprint density at radius 1 is 1.50 bits per heavy atom. The summed E-state index contributed by atoms with van der Waals surface area (Å²) >= 11 is 0. The monoisotopic (exact) mass is 223 g/mol. The highest BCUT2D eigenvalue weighted by molar-refractivity contribution is 6.35. The summed E-state index contributed by atoms with van der Waals surface area (Å²) in [4.78, 5) is 24.5. The van der Waals surface area contributed by atoms with E-state index in [-0.39, 0.29) is 6.54 Å². The molecule has 0 aromatic carbocycles. The fraction of sp³-hybridized carbons (Fsp3) is 0.545. The molecule has 0 aromatic rings. The molecular weight excluding hydrogens is 206 g/mol. The van der Waals surface area contributed by atoms with Crippen LogP contribution < -0.4 is 5.32 Å². The van der Waals surface area contributed by atoms with Crippen molar-refractivity contribution in [2.24, 2.45) is 0 Å². The molecule has 16 heavy (non-hydrogen) atoms. The van der Waals surface area contributed by atoms with Gasteiger partial charge >= 0.3 is 11.8 Å². The third-order valence-electron chi connectivity index (χ3n) is 1.89. The van der Waals surface area contributed by atoms with Crippen LogP contribution in [0.1, 0.15) is 20.8 Å². The molecule has 0 aromatic heterocycles. The van der Waals surface area contributed by atoms with Gasteiger partial charge in [0.2, 0.25) is 0 Å². The van der Waals surface area contributed by atoms with E-state index in [2.05, 4.69) is 11.9 Å². The van der Waals surface area contributed by atoms with E-state index >= 15 is 0 Å². The van der Waals surface area contributed by atoms with Gasteiger partial charge in [-0.05, 0) is 20.8 Å². The van der Waals surface area contributed by atoms with Gasteiger partial charge in [-0.1, -0.05) is 6.08 Å². The van der Waals surface area contributed by atoms with Crippen molar-refractivity contribution in [2.75, 3.05) is 13.1 Å². The van der Waals surface area contributed by atoms with Crippen molar-refractivity contribution in [1.29, 1.82) is 5.26 Å². The number of carbonyl (C=O) groups excluding carboxylic acids is 2. The number of nitriles is 1. The molecule has 0 unspecified atom stereocenters. The minimum absolute atomic E-state index is 0.170. The van der Waals surface area contributed by atoms with Gasteiger partial charge in [-0.15, -0.1) is 6.58 Å². The Balaban J connectivity index is 4.69. The molecule has 0 atom stereocenters. The maximum Gasteiger partial charge on any atom is 0.312 e. The van der Waals surface area contributed by atoms with E-state index in [0.717, 1.165) is 0 Å². The van der Waals surface area contributed by atoms with Crippen molar-refractivity contribution in [3.8, 4) is 6.07 Å². The second-order valence-electron chi connectivity index (χ2n) is 4.22. The quantitative estimate of drug-likeness (QED) is 0.428. The van der Waals surface area contributed by atoms with Crippen LogP contribution in [-0.2, 0) is 9.59 Å². The van der Waals surface area contributed by atoms with E-state index in [0.29, 0.717) is 6.54 Å². The molecule has 0 spiro atoms. The first-order valence-electron chi connectivity index (χ1n) is 4.92. The topological polar surface area (TPSA) is 73.2 Å². The summed E-state index contributed by atoms with van der Waals surface area (Å²) < 4.78 is 0. The van der Waals surface area contributed by atoms with E-state index in [9.17, 15) is 9.59 Å². The summed E-state index contributed by atoms with van der Waals surface area (Å²) in [5, 5.41) is 10.5. The normalized spacial score (nSPS) is 10.1. The lowest BCUT2D eigenvalue weighted by molar-refractivity contribution is -0.148. The van der Waals surface area contributed by atoms with E-state index < -0.39 is 17.4 Å². The smallest absolute Gasteiger partial charge is 0.312 e. The Kier molecular flexibility index (Phi) is 5.23. The molecule has 5 nitrogen and oxygen atoms in total. The minimum Gasteiger partial charge on any atom is -0.335 e. The maximum absolute atomic E-state index is 11.7. The molecular formula is C11H17N3O2. The largest absolute Gasteiger partial charge is 0.335 e. The van der Waals surface area contributed by atoms with Crippen LogP contribution in [0.4, 0.5) is 0 Å². The number of rotatable bonds is 3. The predicted molar refractivity (Wildman–Crippen MR) is 60.3 cm³/mol.